The molecule has 1 saturated carbocycles. The third-order valence-corrected chi connectivity index (χ3v) is 6.34. The molecule has 1 aromatic carbocycles. The molecule has 1 saturated heterocycles. The van der Waals surface area contributed by atoms with Crippen molar-refractivity contribution < 1.29 is 13.2 Å². The zero-order valence-corrected chi connectivity index (χ0v) is 13.4. The summed E-state index contributed by atoms with van der Waals surface area (Å²) in [5.74, 6) is 1.25. The number of hydrogen-bond acceptors (Lipinski definition) is 4. The normalized spacial score (nSPS) is 25.2. The Labute approximate surface area is 131 Å². The van der Waals surface area contributed by atoms with E-state index in [1.54, 1.807) is 18.2 Å². The fourth-order valence-corrected chi connectivity index (χ4v) is 4.61. The van der Waals surface area contributed by atoms with Gasteiger partial charge in [0.05, 0.1) is 11.5 Å². The zero-order valence-electron chi connectivity index (χ0n) is 12.6. The third kappa shape index (κ3) is 2.87. The molecule has 0 aromatic heterocycles. The number of nitrogens with one attached hydrogen (secondary N) is 1. The molecule has 2 fully saturated rings. The molecule has 0 radical (unpaired) electrons. The molecule has 120 valence electrons. The van der Waals surface area contributed by atoms with Crippen LogP contribution in [-0.2, 0) is 16.4 Å². The SMILES string of the molecule is O=S(=O)(NC[C@H]1CCN(C2CC2)C1)c1ccc2c(c1)CCO2. The summed E-state index contributed by atoms with van der Waals surface area (Å²) in [6.07, 6.45) is 4.51. The molecule has 3 aliphatic rings. The van der Waals surface area contributed by atoms with Gasteiger partial charge in [0.15, 0.2) is 0 Å². The van der Waals surface area contributed by atoms with Gasteiger partial charge < -0.3 is 9.64 Å². The van der Waals surface area contributed by atoms with Gasteiger partial charge in [-0.2, -0.15) is 0 Å². The molecular formula is C16H22N2O3S. The van der Waals surface area contributed by atoms with Crippen molar-refractivity contribution in [3.05, 3.63) is 23.8 Å². The smallest absolute Gasteiger partial charge is 0.240 e. The number of benzene rings is 1. The molecule has 1 aromatic rings. The first-order valence-electron chi connectivity index (χ1n) is 8.11. The molecule has 22 heavy (non-hydrogen) atoms. The number of sulfonamides is 1. The molecule has 1 atom stereocenters. The Morgan fingerprint density at radius 2 is 2.14 bits per heavy atom. The zero-order chi connectivity index (χ0) is 15.2. The second-order valence-electron chi connectivity index (χ2n) is 6.60. The van der Waals surface area contributed by atoms with Crippen LogP contribution in [0.15, 0.2) is 23.1 Å². The van der Waals surface area contributed by atoms with E-state index in [2.05, 4.69) is 9.62 Å². The minimum Gasteiger partial charge on any atom is -0.493 e. The standard InChI is InChI=1S/C16H22N2O3S/c19-22(20,15-3-4-16-13(9-15)6-8-21-16)17-10-12-5-7-18(11-12)14-1-2-14/h3-4,9,12,14,17H,1-2,5-8,10-11H2/t12-/m1/s1. The van der Waals surface area contributed by atoms with Crippen molar-refractivity contribution in [3.63, 3.8) is 0 Å². The highest BCUT2D eigenvalue weighted by molar-refractivity contribution is 7.89. The molecule has 2 heterocycles. The van der Waals surface area contributed by atoms with Crippen molar-refractivity contribution in [1.82, 2.24) is 9.62 Å². The highest BCUT2D eigenvalue weighted by atomic mass is 32.2. The summed E-state index contributed by atoms with van der Waals surface area (Å²) >= 11 is 0. The fourth-order valence-electron chi connectivity index (χ4n) is 3.44. The van der Waals surface area contributed by atoms with Crippen molar-refractivity contribution in [3.8, 4) is 5.75 Å². The molecule has 0 bridgehead atoms. The number of fused-ring (bicyclic) bond motifs is 1. The monoisotopic (exact) mass is 322 g/mol. The van der Waals surface area contributed by atoms with Crippen LogP contribution in [0.2, 0.25) is 0 Å². The first kappa shape index (κ1) is 14.5. The number of hydrogen-bond donors (Lipinski definition) is 1. The van der Waals surface area contributed by atoms with E-state index >= 15 is 0 Å². The van der Waals surface area contributed by atoms with Gasteiger partial charge in [0, 0.05) is 25.6 Å². The van der Waals surface area contributed by atoms with Crippen LogP contribution in [0.3, 0.4) is 0 Å². The van der Waals surface area contributed by atoms with E-state index in [0.29, 0.717) is 24.0 Å². The van der Waals surface area contributed by atoms with Gasteiger partial charge in [-0.25, -0.2) is 13.1 Å². The lowest BCUT2D eigenvalue weighted by molar-refractivity contribution is 0.314. The predicted molar refractivity (Wildman–Crippen MR) is 83.5 cm³/mol. The summed E-state index contributed by atoms with van der Waals surface area (Å²) in [6, 6.07) is 5.92. The lowest BCUT2D eigenvalue weighted by Gasteiger charge is -2.15. The first-order chi connectivity index (χ1) is 10.6. The molecule has 4 rings (SSSR count). The largest absolute Gasteiger partial charge is 0.493 e. The second kappa shape index (κ2) is 5.51. The van der Waals surface area contributed by atoms with Gasteiger partial charge in [-0.1, -0.05) is 0 Å². The van der Waals surface area contributed by atoms with Crippen molar-refractivity contribution in [2.75, 3.05) is 26.2 Å². The van der Waals surface area contributed by atoms with E-state index in [4.69, 9.17) is 4.74 Å². The van der Waals surface area contributed by atoms with Crippen LogP contribution >= 0.6 is 0 Å². The Hall–Kier alpha value is -1.11. The Morgan fingerprint density at radius 1 is 1.27 bits per heavy atom. The molecule has 0 spiro atoms. The average molecular weight is 322 g/mol. The minimum atomic E-state index is -3.42. The van der Waals surface area contributed by atoms with Crippen molar-refractivity contribution in [2.45, 2.75) is 36.6 Å². The Bertz CT molecular complexity index is 670. The molecule has 6 heteroatoms. The van der Waals surface area contributed by atoms with Crippen LogP contribution in [0.1, 0.15) is 24.8 Å². The predicted octanol–water partition coefficient (Wildman–Crippen LogP) is 1.38. The molecule has 0 amide bonds. The summed E-state index contributed by atoms with van der Waals surface area (Å²) in [5, 5.41) is 0. The van der Waals surface area contributed by atoms with Gasteiger partial charge in [-0.3, -0.25) is 0 Å². The van der Waals surface area contributed by atoms with Crippen LogP contribution < -0.4 is 9.46 Å². The Kier molecular flexibility index (Phi) is 3.63. The highest BCUT2D eigenvalue weighted by Gasteiger charge is 2.34. The lowest BCUT2D eigenvalue weighted by atomic mass is 10.1. The highest BCUT2D eigenvalue weighted by Crippen LogP contribution is 2.32. The molecular weight excluding hydrogens is 300 g/mol. The molecule has 5 nitrogen and oxygen atoms in total. The van der Waals surface area contributed by atoms with E-state index in [-0.39, 0.29) is 0 Å². The summed E-state index contributed by atoms with van der Waals surface area (Å²) in [5.41, 5.74) is 0.989. The number of ether oxygens (including phenoxy) is 1. The maximum Gasteiger partial charge on any atom is 0.240 e. The second-order valence-corrected chi connectivity index (χ2v) is 8.37. The molecule has 0 unspecified atom stereocenters. The van der Waals surface area contributed by atoms with E-state index in [9.17, 15) is 8.42 Å². The van der Waals surface area contributed by atoms with E-state index in [0.717, 1.165) is 43.3 Å². The summed E-state index contributed by atoms with van der Waals surface area (Å²) in [6.45, 7) is 3.34. The van der Waals surface area contributed by atoms with Crippen molar-refractivity contribution in [1.29, 1.82) is 0 Å². The maximum absolute atomic E-state index is 12.5. The van der Waals surface area contributed by atoms with Gasteiger partial charge in [-0.05, 0) is 55.5 Å². The number of nitrogens with zero attached hydrogens (tertiary/aromatic N) is 1. The Morgan fingerprint density at radius 3 is 2.95 bits per heavy atom. The third-order valence-electron chi connectivity index (χ3n) is 4.91. The maximum atomic E-state index is 12.5. The lowest BCUT2D eigenvalue weighted by Crippen LogP contribution is -2.31. The van der Waals surface area contributed by atoms with E-state index < -0.39 is 10.0 Å². The molecule has 1 N–H and O–H groups in total. The fraction of sp³-hybridized carbons (Fsp3) is 0.625. The van der Waals surface area contributed by atoms with Gasteiger partial charge in [-0.15, -0.1) is 0 Å². The van der Waals surface area contributed by atoms with Gasteiger partial charge in [0.1, 0.15) is 5.75 Å². The van der Waals surface area contributed by atoms with Crippen molar-refractivity contribution in [2.24, 2.45) is 5.92 Å². The van der Waals surface area contributed by atoms with Crippen molar-refractivity contribution >= 4 is 10.0 Å². The molecule has 1 aliphatic carbocycles. The van der Waals surface area contributed by atoms with Crippen LogP contribution in [0.4, 0.5) is 0 Å². The van der Waals surface area contributed by atoms with Crippen LogP contribution in [0.25, 0.3) is 0 Å². The van der Waals surface area contributed by atoms with Crippen LogP contribution in [0, 0.1) is 5.92 Å². The minimum absolute atomic E-state index is 0.355. The van der Waals surface area contributed by atoms with Gasteiger partial charge in [0.2, 0.25) is 10.0 Å². The van der Waals surface area contributed by atoms with E-state index in [1.807, 2.05) is 0 Å². The van der Waals surface area contributed by atoms with Crippen LogP contribution in [0.5, 0.6) is 5.75 Å². The summed E-state index contributed by atoms with van der Waals surface area (Å²) < 4.78 is 33.1. The first-order valence-corrected chi connectivity index (χ1v) is 9.59. The number of rotatable bonds is 5. The summed E-state index contributed by atoms with van der Waals surface area (Å²) in [7, 11) is -3.42. The topological polar surface area (TPSA) is 58.6 Å². The van der Waals surface area contributed by atoms with E-state index in [1.165, 1.54) is 12.8 Å². The summed E-state index contributed by atoms with van der Waals surface area (Å²) in [4.78, 5) is 2.86. The number of likely N-dealkylation sites (tertiary alicyclic amines) is 1. The molecule has 2 aliphatic heterocycles. The quantitative estimate of drug-likeness (QED) is 0.890. The van der Waals surface area contributed by atoms with Gasteiger partial charge >= 0.3 is 0 Å². The average Bonchev–Trinajstić information content (AvgIpc) is 3.08. The van der Waals surface area contributed by atoms with Gasteiger partial charge in [0.25, 0.3) is 0 Å². The Balaban J connectivity index is 1.39. The van der Waals surface area contributed by atoms with Crippen LogP contribution in [-0.4, -0.2) is 45.6 Å².